The first-order valence-electron chi connectivity index (χ1n) is 6.44. The normalized spacial score (nSPS) is 38.1. The van der Waals surface area contributed by atoms with Crippen LogP contribution in [0.1, 0.15) is 41.5 Å². The van der Waals surface area contributed by atoms with E-state index < -0.39 is 0 Å². The first-order valence-corrected chi connectivity index (χ1v) is 6.44. The van der Waals surface area contributed by atoms with Crippen molar-refractivity contribution in [3.8, 4) is 0 Å². The van der Waals surface area contributed by atoms with Gasteiger partial charge >= 0.3 is 5.97 Å². The lowest BCUT2D eigenvalue weighted by molar-refractivity contribution is -0.149. The quantitative estimate of drug-likeness (QED) is 0.611. The Morgan fingerprint density at radius 1 is 1.00 bits per heavy atom. The van der Waals surface area contributed by atoms with E-state index in [-0.39, 0.29) is 40.8 Å². The fourth-order valence-corrected chi connectivity index (χ4v) is 3.11. The summed E-state index contributed by atoms with van der Waals surface area (Å²) in [6, 6.07) is 0. The molecule has 0 aromatic heterocycles. The van der Waals surface area contributed by atoms with Crippen molar-refractivity contribution in [3.63, 3.8) is 0 Å². The minimum absolute atomic E-state index is 0.0216. The lowest BCUT2D eigenvalue weighted by Crippen LogP contribution is -2.36. The van der Waals surface area contributed by atoms with Crippen molar-refractivity contribution in [1.29, 1.82) is 0 Å². The second-order valence-corrected chi connectivity index (χ2v) is 7.53. The number of ether oxygens (including phenoxy) is 2. The average Bonchev–Trinajstić information content (AvgIpc) is 2.63. The SMILES string of the molecule is CC(C)(C)C1OC(C(C)(C)C)C2C(=O)OCC21. The monoisotopic (exact) mass is 240 g/mol. The molecule has 2 aliphatic rings. The Morgan fingerprint density at radius 2 is 1.53 bits per heavy atom. The van der Waals surface area contributed by atoms with Crippen molar-refractivity contribution >= 4 is 5.97 Å². The van der Waals surface area contributed by atoms with Gasteiger partial charge in [-0.3, -0.25) is 4.79 Å². The number of cyclic esters (lactones) is 1. The number of rotatable bonds is 0. The van der Waals surface area contributed by atoms with E-state index >= 15 is 0 Å². The molecule has 0 radical (unpaired) electrons. The van der Waals surface area contributed by atoms with Gasteiger partial charge in [-0.1, -0.05) is 41.5 Å². The maximum atomic E-state index is 11.9. The summed E-state index contributed by atoms with van der Waals surface area (Å²) < 4.78 is 11.5. The summed E-state index contributed by atoms with van der Waals surface area (Å²) in [5.41, 5.74) is 0.0309. The van der Waals surface area contributed by atoms with Crippen LogP contribution in [0.2, 0.25) is 0 Å². The van der Waals surface area contributed by atoms with Gasteiger partial charge in [0.05, 0.1) is 24.7 Å². The van der Waals surface area contributed by atoms with Gasteiger partial charge in [-0.05, 0) is 10.8 Å². The lowest BCUT2D eigenvalue weighted by atomic mass is 9.74. The summed E-state index contributed by atoms with van der Waals surface area (Å²) in [5, 5.41) is 0. The van der Waals surface area contributed by atoms with Gasteiger partial charge < -0.3 is 9.47 Å². The Kier molecular flexibility index (Phi) is 2.81. The predicted octanol–water partition coefficient (Wildman–Crippen LogP) is 2.64. The maximum Gasteiger partial charge on any atom is 0.312 e. The third kappa shape index (κ3) is 2.10. The number of fused-ring (bicyclic) bond motifs is 1. The van der Waals surface area contributed by atoms with Crippen LogP contribution < -0.4 is 0 Å². The molecule has 0 saturated carbocycles. The zero-order valence-corrected chi connectivity index (χ0v) is 11.7. The van der Waals surface area contributed by atoms with E-state index in [1.54, 1.807) is 0 Å². The number of esters is 1. The molecule has 4 unspecified atom stereocenters. The minimum Gasteiger partial charge on any atom is -0.465 e. The van der Waals surface area contributed by atoms with Crippen molar-refractivity contribution in [1.82, 2.24) is 0 Å². The Morgan fingerprint density at radius 3 is 2.00 bits per heavy atom. The van der Waals surface area contributed by atoms with Gasteiger partial charge in [0.25, 0.3) is 0 Å². The third-order valence-electron chi connectivity index (χ3n) is 3.87. The fraction of sp³-hybridized carbons (Fsp3) is 0.929. The molecular formula is C14H24O3. The van der Waals surface area contributed by atoms with Gasteiger partial charge in [-0.2, -0.15) is 0 Å². The highest BCUT2D eigenvalue weighted by Gasteiger charge is 2.58. The number of hydrogen-bond donors (Lipinski definition) is 0. The summed E-state index contributed by atoms with van der Waals surface area (Å²) >= 11 is 0. The summed E-state index contributed by atoms with van der Waals surface area (Å²) in [7, 11) is 0. The molecule has 2 rings (SSSR count). The fourth-order valence-electron chi connectivity index (χ4n) is 3.11. The average molecular weight is 240 g/mol. The Hall–Kier alpha value is -0.570. The summed E-state index contributed by atoms with van der Waals surface area (Å²) in [5.74, 6) is 0.0904. The van der Waals surface area contributed by atoms with E-state index in [1.165, 1.54) is 0 Å². The van der Waals surface area contributed by atoms with E-state index in [2.05, 4.69) is 41.5 Å². The smallest absolute Gasteiger partial charge is 0.312 e. The number of carbonyl (C=O) groups excluding carboxylic acids is 1. The first kappa shape index (κ1) is 12.9. The second kappa shape index (κ2) is 3.71. The van der Waals surface area contributed by atoms with Crippen LogP contribution in [-0.2, 0) is 14.3 Å². The largest absolute Gasteiger partial charge is 0.465 e. The van der Waals surface area contributed by atoms with Gasteiger partial charge in [-0.15, -0.1) is 0 Å². The topological polar surface area (TPSA) is 35.5 Å². The van der Waals surface area contributed by atoms with Gasteiger partial charge in [-0.25, -0.2) is 0 Å². The van der Waals surface area contributed by atoms with Crippen molar-refractivity contribution in [2.24, 2.45) is 22.7 Å². The van der Waals surface area contributed by atoms with Gasteiger partial charge in [0.2, 0.25) is 0 Å². The van der Waals surface area contributed by atoms with Gasteiger partial charge in [0, 0.05) is 5.92 Å². The lowest BCUT2D eigenvalue weighted by Gasteiger charge is -2.33. The minimum atomic E-state index is -0.0702. The van der Waals surface area contributed by atoms with Crippen LogP contribution in [0, 0.1) is 22.7 Å². The van der Waals surface area contributed by atoms with Crippen molar-refractivity contribution < 1.29 is 14.3 Å². The molecule has 2 fully saturated rings. The van der Waals surface area contributed by atoms with E-state index in [0.717, 1.165) is 0 Å². The van der Waals surface area contributed by atoms with E-state index in [4.69, 9.17) is 9.47 Å². The second-order valence-electron chi connectivity index (χ2n) is 7.53. The molecule has 4 atom stereocenters. The predicted molar refractivity (Wildman–Crippen MR) is 65.5 cm³/mol. The van der Waals surface area contributed by atoms with Crippen LogP contribution in [-0.4, -0.2) is 24.8 Å². The molecule has 3 heteroatoms. The molecule has 3 nitrogen and oxygen atoms in total. The molecule has 2 saturated heterocycles. The maximum absolute atomic E-state index is 11.9. The first-order chi connectivity index (χ1) is 7.62. The van der Waals surface area contributed by atoms with Crippen molar-refractivity contribution in [2.45, 2.75) is 53.8 Å². The van der Waals surface area contributed by atoms with Gasteiger partial charge in [0.15, 0.2) is 0 Å². The zero-order chi connectivity index (χ0) is 13.0. The highest BCUT2D eigenvalue weighted by Crippen LogP contribution is 2.49. The van der Waals surface area contributed by atoms with Crippen LogP contribution in [0.15, 0.2) is 0 Å². The molecule has 17 heavy (non-hydrogen) atoms. The Balaban J connectivity index is 2.31. The van der Waals surface area contributed by atoms with Crippen molar-refractivity contribution in [2.75, 3.05) is 6.61 Å². The molecule has 0 aromatic carbocycles. The Bertz CT molecular complexity index is 321. The zero-order valence-electron chi connectivity index (χ0n) is 11.7. The summed E-state index contributed by atoms with van der Waals surface area (Å²) in [6.07, 6.45) is 0.0925. The van der Waals surface area contributed by atoms with E-state index in [9.17, 15) is 4.79 Å². The molecule has 0 aromatic rings. The standard InChI is InChI=1S/C14H24O3/c1-13(2,3)10-8-7-16-12(15)9(8)11(17-10)14(4,5)6/h8-11H,7H2,1-6H3. The molecule has 2 aliphatic heterocycles. The highest BCUT2D eigenvalue weighted by molar-refractivity contribution is 5.76. The number of hydrogen-bond acceptors (Lipinski definition) is 3. The van der Waals surface area contributed by atoms with Crippen LogP contribution >= 0.6 is 0 Å². The van der Waals surface area contributed by atoms with Crippen LogP contribution in [0.3, 0.4) is 0 Å². The molecule has 0 bridgehead atoms. The summed E-state index contributed by atoms with van der Waals surface area (Å²) in [6.45, 7) is 13.4. The van der Waals surface area contributed by atoms with Crippen LogP contribution in [0.5, 0.6) is 0 Å². The molecule has 0 amide bonds. The van der Waals surface area contributed by atoms with Crippen LogP contribution in [0.25, 0.3) is 0 Å². The van der Waals surface area contributed by atoms with Crippen molar-refractivity contribution in [3.05, 3.63) is 0 Å². The van der Waals surface area contributed by atoms with E-state index in [1.807, 2.05) is 0 Å². The highest BCUT2D eigenvalue weighted by atomic mass is 16.6. The molecule has 0 aliphatic carbocycles. The Labute approximate surface area is 104 Å². The van der Waals surface area contributed by atoms with E-state index in [0.29, 0.717) is 6.61 Å². The molecule has 2 heterocycles. The molecule has 0 N–H and O–H groups in total. The molecule has 0 spiro atoms. The number of carbonyl (C=O) groups is 1. The molecule has 98 valence electrons. The molecular weight excluding hydrogens is 216 g/mol. The third-order valence-corrected chi connectivity index (χ3v) is 3.87. The summed E-state index contributed by atoms with van der Waals surface area (Å²) in [4.78, 5) is 11.9. The van der Waals surface area contributed by atoms with Gasteiger partial charge in [0.1, 0.15) is 0 Å². The van der Waals surface area contributed by atoms with Crippen LogP contribution in [0.4, 0.5) is 0 Å².